The third kappa shape index (κ3) is 9.24. The highest BCUT2D eigenvalue weighted by molar-refractivity contribution is 5.97. The first-order chi connectivity index (χ1) is 12.7. The number of amides is 1. The van der Waals surface area contributed by atoms with Gasteiger partial charge in [0.15, 0.2) is 0 Å². The van der Waals surface area contributed by atoms with Crippen molar-refractivity contribution in [3.8, 4) is 6.07 Å². The second-order valence-corrected chi connectivity index (χ2v) is 6.19. The summed E-state index contributed by atoms with van der Waals surface area (Å²) in [5, 5.41) is 14.9. The summed E-state index contributed by atoms with van der Waals surface area (Å²) in [5.74, 6) is -0.367. The summed E-state index contributed by atoms with van der Waals surface area (Å²) < 4.78 is 5.44. The predicted octanol–water partition coefficient (Wildman–Crippen LogP) is 4.17. The fourth-order valence-electron chi connectivity index (χ4n) is 2.27. The monoisotopic (exact) mass is 357 g/mol. The van der Waals surface area contributed by atoms with Crippen molar-refractivity contribution in [3.63, 3.8) is 0 Å². The van der Waals surface area contributed by atoms with Crippen molar-refractivity contribution in [1.82, 2.24) is 5.32 Å². The summed E-state index contributed by atoms with van der Waals surface area (Å²) in [6.45, 7) is 6.17. The van der Waals surface area contributed by atoms with Gasteiger partial charge in [0.1, 0.15) is 11.6 Å². The van der Waals surface area contributed by atoms with Crippen molar-refractivity contribution in [1.29, 1.82) is 5.26 Å². The molecule has 0 unspecified atom stereocenters. The van der Waals surface area contributed by atoms with Crippen LogP contribution in [-0.4, -0.2) is 25.7 Å². The highest BCUT2D eigenvalue weighted by Gasteiger charge is 2.07. The first-order valence-electron chi connectivity index (χ1n) is 9.53. The van der Waals surface area contributed by atoms with Gasteiger partial charge in [0.25, 0.3) is 5.91 Å². The number of nitrogens with zero attached hydrogens (tertiary/aromatic N) is 1. The van der Waals surface area contributed by atoms with E-state index < -0.39 is 0 Å². The molecule has 0 saturated heterocycles. The number of ether oxygens (including phenoxy) is 1. The summed E-state index contributed by atoms with van der Waals surface area (Å²) in [7, 11) is 0. The molecule has 0 fully saturated rings. The number of carbonyl (C=O) groups is 1. The maximum atomic E-state index is 12.0. The van der Waals surface area contributed by atoms with Gasteiger partial charge in [-0.25, -0.2) is 0 Å². The molecule has 1 aromatic carbocycles. The Morgan fingerprint density at radius 2 is 1.81 bits per heavy atom. The van der Waals surface area contributed by atoms with Crippen LogP contribution in [0.2, 0.25) is 0 Å². The second kappa shape index (κ2) is 13.9. The number of nitriles is 1. The Kier molecular flexibility index (Phi) is 11.6. The van der Waals surface area contributed by atoms with Gasteiger partial charge in [-0.15, -0.1) is 0 Å². The van der Waals surface area contributed by atoms with Crippen LogP contribution in [0.5, 0.6) is 0 Å². The molecule has 142 valence electrons. The van der Waals surface area contributed by atoms with E-state index in [1.807, 2.05) is 18.2 Å². The van der Waals surface area contributed by atoms with Gasteiger partial charge in [-0.05, 0) is 43.4 Å². The Hall–Kier alpha value is -2.32. The molecule has 26 heavy (non-hydrogen) atoms. The quantitative estimate of drug-likeness (QED) is 0.316. The molecule has 5 heteroatoms. The molecular weight excluding hydrogens is 326 g/mol. The molecule has 0 heterocycles. The molecule has 0 aliphatic rings. The van der Waals surface area contributed by atoms with E-state index in [4.69, 9.17) is 4.74 Å². The summed E-state index contributed by atoms with van der Waals surface area (Å²) in [5.41, 5.74) is 2.21. The van der Waals surface area contributed by atoms with Gasteiger partial charge in [0, 0.05) is 31.6 Å². The molecule has 0 saturated carbocycles. The van der Waals surface area contributed by atoms with Gasteiger partial charge >= 0.3 is 0 Å². The first kappa shape index (κ1) is 21.7. The van der Waals surface area contributed by atoms with Crippen LogP contribution in [0.1, 0.15) is 51.5 Å². The second-order valence-electron chi connectivity index (χ2n) is 6.19. The van der Waals surface area contributed by atoms with Crippen molar-refractivity contribution < 1.29 is 9.53 Å². The minimum absolute atomic E-state index is 0.0620. The molecule has 0 aliphatic carbocycles. The van der Waals surface area contributed by atoms with Gasteiger partial charge in [-0.3, -0.25) is 4.79 Å². The topological polar surface area (TPSA) is 74.1 Å². The molecular formula is C21H31N3O2. The van der Waals surface area contributed by atoms with Crippen molar-refractivity contribution in [2.75, 3.05) is 25.1 Å². The van der Waals surface area contributed by atoms with E-state index in [1.54, 1.807) is 0 Å². The van der Waals surface area contributed by atoms with E-state index in [2.05, 4.69) is 36.6 Å². The van der Waals surface area contributed by atoms with Crippen molar-refractivity contribution in [2.24, 2.45) is 0 Å². The highest BCUT2D eigenvalue weighted by Crippen LogP contribution is 2.12. The number of unbranched alkanes of at least 4 members (excludes halogenated alkanes) is 2. The molecule has 0 radical (unpaired) electrons. The van der Waals surface area contributed by atoms with Crippen LogP contribution >= 0.6 is 0 Å². The molecule has 0 aromatic heterocycles. The van der Waals surface area contributed by atoms with Crippen LogP contribution in [0.15, 0.2) is 36.0 Å². The molecule has 0 aliphatic heterocycles. The SMILES string of the molecule is CCCCOCCCNC(=O)/C(C#N)=C\Nc1ccc(CCCC)cc1. The summed E-state index contributed by atoms with van der Waals surface area (Å²) in [4.78, 5) is 12.0. The lowest BCUT2D eigenvalue weighted by Crippen LogP contribution is -2.26. The lowest BCUT2D eigenvalue weighted by atomic mass is 10.1. The number of benzene rings is 1. The van der Waals surface area contributed by atoms with Crippen molar-refractivity contribution in [3.05, 3.63) is 41.6 Å². The standard InChI is InChI=1S/C21H31N3O2/c1-3-5-8-18-9-11-20(12-10-18)24-17-19(16-22)21(25)23-13-7-15-26-14-6-4-2/h9-12,17,24H,3-8,13-15H2,1-2H3,(H,23,25)/b19-17-. The van der Waals surface area contributed by atoms with Gasteiger partial charge in [0.2, 0.25) is 0 Å². The zero-order chi connectivity index (χ0) is 19.0. The average molecular weight is 357 g/mol. The molecule has 2 N–H and O–H groups in total. The fourth-order valence-corrected chi connectivity index (χ4v) is 2.27. The lowest BCUT2D eigenvalue weighted by Gasteiger charge is -2.07. The highest BCUT2D eigenvalue weighted by atomic mass is 16.5. The largest absolute Gasteiger partial charge is 0.381 e. The van der Waals surface area contributed by atoms with E-state index in [0.29, 0.717) is 13.2 Å². The molecule has 1 rings (SSSR count). The average Bonchev–Trinajstić information content (AvgIpc) is 2.67. The van der Waals surface area contributed by atoms with Gasteiger partial charge in [-0.2, -0.15) is 5.26 Å². The zero-order valence-electron chi connectivity index (χ0n) is 16.0. The third-order valence-electron chi connectivity index (χ3n) is 3.91. The van der Waals surface area contributed by atoms with E-state index in [1.165, 1.54) is 24.6 Å². The van der Waals surface area contributed by atoms with E-state index in [0.717, 1.165) is 38.0 Å². The zero-order valence-corrected chi connectivity index (χ0v) is 16.0. The number of aryl methyl sites for hydroxylation is 1. The van der Waals surface area contributed by atoms with Crippen LogP contribution in [0.4, 0.5) is 5.69 Å². The van der Waals surface area contributed by atoms with Crippen LogP contribution in [0, 0.1) is 11.3 Å². The maximum Gasteiger partial charge on any atom is 0.263 e. The summed E-state index contributed by atoms with van der Waals surface area (Å²) in [6, 6.07) is 9.99. The number of hydrogen-bond acceptors (Lipinski definition) is 4. The Morgan fingerprint density at radius 3 is 2.46 bits per heavy atom. The third-order valence-corrected chi connectivity index (χ3v) is 3.91. The van der Waals surface area contributed by atoms with Crippen molar-refractivity contribution in [2.45, 2.75) is 52.4 Å². The normalized spacial score (nSPS) is 11.0. The van der Waals surface area contributed by atoms with Crippen LogP contribution in [-0.2, 0) is 16.0 Å². The summed E-state index contributed by atoms with van der Waals surface area (Å²) >= 11 is 0. The Bertz CT molecular complexity index is 588. The Morgan fingerprint density at radius 1 is 1.12 bits per heavy atom. The lowest BCUT2D eigenvalue weighted by molar-refractivity contribution is -0.117. The van der Waals surface area contributed by atoms with Crippen molar-refractivity contribution >= 4 is 11.6 Å². The molecule has 5 nitrogen and oxygen atoms in total. The number of nitrogens with one attached hydrogen (secondary N) is 2. The summed E-state index contributed by atoms with van der Waals surface area (Å²) in [6.07, 6.45) is 7.78. The number of rotatable bonds is 13. The Labute approximate surface area is 157 Å². The predicted molar refractivity (Wildman–Crippen MR) is 106 cm³/mol. The minimum atomic E-state index is -0.367. The number of hydrogen-bond donors (Lipinski definition) is 2. The van der Waals surface area contributed by atoms with E-state index in [9.17, 15) is 10.1 Å². The number of anilines is 1. The minimum Gasteiger partial charge on any atom is -0.381 e. The fraction of sp³-hybridized carbons (Fsp3) is 0.524. The molecule has 1 amide bonds. The van der Waals surface area contributed by atoms with Gasteiger partial charge < -0.3 is 15.4 Å². The molecule has 0 atom stereocenters. The molecule has 1 aromatic rings. The molecule has 0 spiro atoms. The van der Waals surface area contributed by atoms with Gasteiger partial charge in [0.05, 0.1) is 0 Å². The smallest absolute Gasteiger partial charge is 0.263 e. The van der Waals surface area contributed by atoms with Crippen LogP contribution in [0.25, 0.3) is 0 Å². The first-order valence-corrected chi connectivity index (χ1v) is 9.53. The maximum absolute atomic E-state index is 12.0. The van der Waals surface area contributed by atoms with E-state index >= 15 is 0 Å². The van der Waals surface area contributed by atoms with Crippen LogP contribution < -0.4 is 10.6 Å². The van der Waals surface area contributed by atoms with E-state index in [-0.39, 0.29) is 11.5 Å². The molecule has 0 bridgehead atoms. The van der Waals surface area contributed by atoms with Gasteiger partial charge in [-0.1, -0.05) is 38.8 Å². The van der Waals surface area contributed by atoms with Crippen LogP contribution in [0.3, 0.4) is 0 Å². The number of carbonyl (C=O) groups excluding carboxylic acids is 1. The Balaban J connectivity index is 2.37.